The van der Waals surface area contributed by atoms with Crippen LogP contribution >= 0.6 is 0 Å². The van der Waals surface area contributed by atoms with Gasteiger partial charge in [0.15, 0.2) is 0 Å². The van der Waals surface area contributed by atoms with Crippen LogP contribution in [0.3, 0.4) is 0 Å². The van der Waals surface area contributed by atoms with Crippen molar-refractivity contribution in [3.05, 3.63) is 35.9 Å². The van der Waals surface area contributed by atoms with Gasteiger partial charge in [0, 0.05) is 0 Å². The average molecular weight is 147 g/mol. The second-order valence-corrected chi connectivity index (χ2v) is 2.47. The number of para-hydroxylation sites is 1. The number of hydrogen-bond acceptors (Lipinski definition) is 1. The minimum atomic E-state index is 0.100. The summed E-state index contributed by atoms with van der Waals surface area (Å²) in [6.45, 7) is 3.87. The number of rotatable bonds is 1. The Balaban J connectivity index is 3.14. The monoisotopic (exact) mass is 147 g/mol. The first-order valence-electron chi connectivity index (χ1n) is 3.65. The molecule has 1 rings (SSSR count). The lowest BCUT2D eigenvalue weighted by Crippen LogP contribution is -1.93. The SMILES string of the molecule is C/C=C(\C)c1ccccc1[O-]. The molecular weight excluding hydrogens is 136 g/mol. The zero-order valence-corrected chi connectivity index (χ0v) is 6.79. The van der Waals surface area contributed by atoms with Crippen LogP contribution in [0, 0.1) is 0 Å². The molecule has 0 atom stereocenters. The summed E-state index contributed by atoms with van der Waals surface area (Å²) in [6, 6.07) is 7.07. The first-order chi connectivity index (χ1) is 5.25. The Kier molecular flexibility index (Phi) is 2.32. The summed E-state index contributed by atoms with van der Waals surface area (Å²) < 4.78 is 0. The van der Waals surface area contributed by atoms with E-state index in [2.05, 4.69) is 0 Å². The van der Waals surface area contributed by atoms with E-state index < -0.39 is 0 Å². The van der Waals surface area contributed by atoms with E-state index in [1.54, 1.807) is 12.1 Å². The lowest BCUT2D eigenvalue weighted by molar-refractivity contribution is -0.268. The first kappa shape index (κ1) is 7.86. The predicted molar refractivity (Wildman–Crippen MR) is 45.2 cm³/mol. The highest BCUT2D eigenvalue weighted by Crippen LogP contribution is 2.20. The van der Waals surface area contributed by atoms with E-state index >= 15 is 0 Å². The van der Waals surface area contributed by atoms with Gasteiger partial charge in [-0.05, 0) is 25.0 Å². The molecule has 1 aromatic rings. The fourth-order valence-corrected chi connectivity index (χ4v) is 0.948. The van der Waals surface area contributed by atoms with Gasteiger partial charge in [-0.15, -0.1) is 5.75 Å². The van der Waals surface area contributed by atoms with E-state index in [-0.39, 0.29) is 5.75 Å². The number of benzene rings is 1. The summed E-state index contributed by atoms with van der Waals surface area (Å²) >= 11 is 0. The zero-order chi connectivity index (χ0) is 8.27. The van der Waals surface area contributed by atoms with Gasteiger partial charge in [-0.1, -0.05) is 30.3 Å². The maximum Gasteiger partial charge on any atom is -0.0309 e. The molecule has 0 aromatic heterocycles. The van der Waals surface area contributed by atoms with Crippen molar-refractivity contribution in [3.8, 4) is 5.75 Å². The second-order valence-electron chi connectivity index (χ2n) is 2.47. The summed E-state index contributed by atoms with van der Waals surface area (Å²) in [5, 5.41) is 11.2. The molecule has 0 aliphatic rings. The van der Waals surface area contributed by atoms with Crippen molar-refractivity contribution in [1.82, 2.24) is 0 Å². The topological polar surface area (TPSA) is 23.1 Å². The molecule has 58 valence electrons. The van der Waals surface area contributed by atoms with Crippen LogP contribution in [0.2, 0.25) is 0 Å². The normalized spacial score (nSPS) is 11.6. The molecule has 0 radical (unpaired) electrons. The van der Waals surface area contributed by atoms with Crippen LogP contribution in [-0.4, -0.2) is 0 Å². The van der Waals surface area contributed by atoms with Crippen LogP contribution in [0.4, 0.5) is 0 Å². The first-order valence-corrected chi connectivity index (χ1v) is 3.65. The average Bonchev–Trinajstić information content (AvgIpc) is 2.04. The highest BCUT2D eigenvalue weighted by Gasteiger charge is 1.92. The number of hydrogen-bond donors (Lipinski definition) is 0. The van der Waals surface area contributed by atoms with Crippen molar-refractivity contribution >= 4 is 5.57 Å². The zero-order valence-electron chi connectivity index (χ0n) is 6.79. The molecule has 1 heteroatoms. The molecule has 1 aromatic carbocycles. The fourth-order valence-electron chi connectivity index (χ4n) is 0.948. The highest BCUT2D eigenvalue weighted by molar-refractivity contribution is 5.67. The molecule has 1 nitrogen and oxygen atoms in total. The standard InChI is InChI=1S/C10H12O/c1-3-8(2)9-6-4-5-7-10(9)11/h3-7,11H,1-2H3/p-1/b8-3+. The van der Waals surface area contributed by atoms with Crippen LogP contribution < -0.4 is 5.11 Å². The Morgan fingerprint density at radius 3 is 2.55 bits per heavy atom. The van der Waals surface area contributed by atoms with Crippen molar-refractivity contribution in [1.29, 1.82) is 0 Å². The molecule has 0 unspecified atom stereocenters. The molecule has 0 aliphatic heterocycles. The third kappa shape index (κ3) is 1.61. The summed E-state index contributed by atoms with van der Waals surface area (Å²) in [7, 11) is 0. The van der Waals surface area contributed by atoms with E-state index in [9.17, 15) is 5.11 Å². The van der Waals surface area contributed by atoms with Gasteiger partial charge in [0.25, 0.3) is 0 Å². The van der Waals surface area contributed by atoms with Crippen LogP contribution in [0.25, 0.3) is 5.57 Å². The lowest BCUT2D eigenvalue weighted by Gasteiger charge is -2.12. The van der Waals surface area contributed by atoms with Crippen LogP contribution in [0.1, 0.15) is 19.4 Å². The third-order valence-corrected chi connectivity index (χ3v) is 1.74. The van der Waals surface area contributed by atoms with Crippen molar-refractivity contribution in [3.63, 3.8) is 0 Å². The lowest BCUT2D eigenvalue weighted by atomic mass is 10.1. The van der Waals surface area contributed by atoms with Crippen molar-refractivity contribution in [2.24, 2.45) is 0 Å². The van der Waals surface area contributed by atoms with Gasteiger partial charge in [0.1, 0.15) is 0 Å². The van der Waals surface area contributed by atoms with Crippen molar-refractivity contribution in [2.75, 3.05) is 0 Å². The van der Waals surface area contributed by atoms with Crippen molar-refractivity contribution < 1.29 is 5.11 Å². The van der Waals surface area contributed by atoms with Gasteiger partial charge in [0.2, 0.25) is 0 Å². The van der Waals surface area contributed by atoms with Crippen molar-refractivity contribution in [2.45, 2.75) is 13.8 Å². The molecule has 0 bridgehead atoms. The van der Waals surface area contributed by atoms with Gasteiger partial charge in [-0.2, -0.15) is 0 Å². The smallest absolute Gasteiger partial charge is 0.0309 e. The van der Waals surface area contributed by atoms with Crippen LogP contribution in [0.15, 0.2) is 30.3 Å². The minimum absolute atomic E-state index is 0.100. The fraction of sp³-hybridized carbons (Fsp3) is 0.200. The van der Waals surface area contributed by atoms with Gasteiger partial charge < -0.3 is 5.11 Å². The summed E-state index contributed by atoms with van der Waals surface area (Å²) in [5.74, 6) is 0.100. The van der Waals surface area contributed by atoms with E-state index in [1.165, 1.54) is 0 Å². The second kappa shape index (κ2) is 3.24. The molecule has 0 N–H and O–H groups in total. The maximum atomic E-state index is 11.2. The Hall–Kier alpha value is -1.24. The Bertz CT molecular complexity index is 274. The van der Waals surface area contributed by atoms with E-state index in [0.29, 0.717) is 0 Å². The minimum Gasteiger partial charge on any atom is -0.872 e. The van der Waals surface area contributed by atoms with Crippen LogP contribution in [0.5, 0.6) is 5.75 Å². The van der Waals surface area contributed by atoms with Gasteiger partial charge in [-0.25, -0.2) is 0 Å². The summed E-state index contributed by atoms with van der Waals surface area (Å²) in [5.41, 5.74) is 1.84. The molecule has 0 spiro atoms. The van der Waals surface area contributed by atoms with E-state index in [1.807, 2.05) is 32.1 Å². The molecule has 11 heavy (non-hydrogen) atoms. The van der Waals surface area contributed by atoms with E-state index in [4.69, 9.17) is 0 Å². The molecule has 0 fully saturated rings. The molecule has 0 saturated carbocycles. The summed E-state index contributed by atoms with van der Waals surface area (Å²) in [6.07, 6.45) is 1.94. The number of allylic oxidation sites excluding steroid dienone is 2. The van der Waals surface area contributed by atoms with Gasteiger partial charge in [-0.3, -0.25) is 0 Å². The Morgan fingerprint density at radius 1 is 1.36 bits per heavy atom. The van der Waals surface area contributed by atoms with Gasteiger partial charge in [0.05, 0.1) is 0 Å². The maximum absolute atomic E-state index is 11.2. The highest BCUT2D eigenvalue weighted by atomic mass is 16.3. The molecule has 0 aliphatic carbocycles. The molecule has 0 amide bonds. The summed E-state index contributed by atoms with van der Waals surface area (Å²) in [4.78, 5) is 0. The van der Waals surface area contributed by atoms with Gasteiger partial charge >= 0.3 is 0 Å². The molecule has 0 heterocycles. The van der Waals surface area contributed by atoms with E-state index in [0.717, 1.165) is 11.1 Å². The largest absolute Gasteiger partial charge is 0.872 e. The Labute approximate surface area is 67.0 Å². The predicted octanol–water partition coefficient (Wildman–Crippen LogP) is 2.18. The Morgan fingerprint density at radius 2 is 2.00 bits per heavy atom. The third-order valence-electron chi connectivity index (χ3n) is 1.74. The molecular formula is C10H11O-. The molecule has 0 saturated heterocycles. The van der Waals surface area contributed by atoms with Crippen LogP contribution in [-0.2, 0) is 0 Å². The quantitative estimate of drug-likeness (QED) is 0.597.